The predicted octanol–water partition coefficient (Wildman–Crippen LogP) is 2.98. The molecule has 0 spiro atoms. The number of nitrogens with zero attached hydrogens (tertiary/aromatic N) is 2. The van der Waals surface area contributed by atoms with Crippen molar-refractivity contribution in [3.8, 4) is 5.75 Å². The van der Waals surface area contributed by atoms with E-state index in [0.717, 1.165) is 18.7 Å². The van der Waals surface area contributed by atoms with Gasteiger partial charge in [-0.25, -0.2) is 4.79 Å². The zero-order chi connectivity index (χ0) is 15.4. The van der Waals surface area contributed by atoms with Gasteiger partial charge in [0.1, 0.15) is 5.75 Å². The number of carboxylic acid groups (broad SMARTS) is 1. The third kappa shape index (κ3) is 3.62. The number of hydrogen-bond donors (Lipinski definition) is 1. The van der Waals surface area contributed by atoms with Gasteiger partial charge in [-0.05, 0) is 44.5 Å². The van der Waals surface area contributed by atoms with E-state index in [-0.39, 0.29) is 5.56 Å². The summed E-state index contributed by atoms with van der Waals surface area (Å²) in [7, 11) is 0. The van der Waals surface area contributed by atoms with E-state index in [1.165, 1.54) is 17.3 Å². The lowest BCUT2D eigenvalue weighted by Gasteiger charge is -2.08. The summed E-state index contributed by atoms with van der Waals surface area (Å²) in [4.78, 5) is 10.9. The molecule has 0 aliphatic rings. The number of aromatic nitrogens is 2. The second-order valence-corrected chi connectivity index (χ2v) is 5.05. The average Bonchev–Trinajstić information content (AvgIpc) is 2.71. The molecule has 1 heterocycles. The Labute approximate surface area is 124 Å². The largest absolute Gasteiger partial charge is 0.494 e. The van der Waals surface area contributed by atoms with Gasteiger partial charge in [-0.1, -0.05) is 6.07 Å². The fourth-order valence-electron chi connectivity index (χ4n) is 2.13. The topological polar surface area (TPSA) is 64.4 Å². The summed E-state index contributed by atoms with van der Waals surface area (Å²) < 4.78 is 7.58. The van der Waals surface area contributed by atoms with Gasteiger partial charge in [0.2, 0.25) is 0 Å². The zero-order valence-electron chi connectivity index (χ0n) is 12.6. The summed E-state index contributed by atoms with van der Waals surface area (Å²) >= 11 is 0. The Morgan fingerprint density at radius 1 is 1.33 bits per heavy atom. The minimum absolute atomic E-state index is 0.238. The molecule has 0 atom stereocenters. The highest BCUT2D eigenvalue weighted by atomic mass is 16.5. The first-order chi connectivity index (χ1) is 9.99. The maximum Gasteiger partial charge on any atom is 0.335 e. The molecule has 0 amide bonds. The second-order valence-electron chi connectivity index (χ2n) is 5.05. The Morgan fingerprint density at radius 2 is 2.10 bits per heavy atom. The van der Waals surface area contributed by atoms with Crippen molar-refractivity contribution in [2.24, 2.45) is 0 Å². The molecule has 0 fully saturated rings. The Balaban J connectivity index is 1.86. The molecule has 112 valence electrons. The molecule has 1 N–H and O–H groups in total. The second kappa shape index (κ2) is 6.43. The number of aryl methyl sites for hydroxylation is 2. The molecule has 1 aromatic heterocycles. The number of hydrogen-bond acceptors (Lipinski definition) is 3. The fourth-order valence-corrected chi connectivity index (χ4v) is 2.13. The van der Waals surface area contributed by atoms with Crippen molar-refractivity contribution < 1.29 is 14.6 Å². The van der Waals surface area contributed by atoms with E-state index in [0.29, 0.717) is 12.4 Å². The molecule has 2 rings (SSSR count). The van der Waals surface area contributed by atoms with Crippen molar-refractivity contribution in [2.45, 2.75) is 33.7 Å². The lowest BCUT2D eigenvalue weighted by molar-refractivity contribution is 0.0696. The van der Waals surface area contributed by atoms with Crippen LogP contribution in [0.5, 0.6) is 5.75 Å². The first-order valence-corrected chi connectivity index (χ1v) is 6.96. The molecule has 0 aliphatic carbocycles. The van der Waals surface area contributed by atoms with Crippen LogP contribution in [-0.2, 0) is 6.54 Å². The maximum absolute atomic E-state index is 10.9. The van der Waals surface area contributed by atoms with Crippen molar-refractivity contribution in [1.82, 2.24) is 9.78 Å². The minimum Gasteiger partial charge on any atom is -0.494 e. The van der Waals surface area contributed by atoms with E-state index < -0.39 is 5.97 Å². The number of ether oxygens (including phenoxy) is 1. The molecular weight excluding hydrogens is 268 g/mol. The average molecular weight is 288 g/mol. The Hall–Kier alpha value is -2.30. The summed E-state index contributed by atoms with van der Waals surface area (Å²) in [6.07, 6.45) is 0.818. The fraction of sp³-hybridized carbons (Fsp3) is 0.375. The number of carboxylic acids is 1. The van der Waals surface area contributed by atoms with Crippen LogP contribution < -0.4 is 4.74 Å². The van der Waals surface area contributed by atoms with E-state index in [4.69, 9.17) is 9.84 Å². The third-order valence-corrected chi connectivity index (χ3v) is 3.61. The normalized spacial score (nSPS) is 10.6. The molecule has 0 bridgehead atoms. The van der Waals surface area contributed by atoms with Crippen LogP contribution in [0.4, 0.5) is 0 Å². The van der Waals surface area contributed by atoms with Crippen LogP contribution in [0.3, 0.4) is 0 Å². The molecule has 0 aliphatic heterocycles. The van der Waals surface area contributed by atoms with Gasteiger partial charge in [-0.15, -0.1) is 0 Å². The highest BCUT2D eigenvalue weighted by Gasteiger charge is 2.07. The molecule has 5 nitrogen and oxygen atoms in total. The summed E-state index contributed by atoms with van der Waals surface area (Å²) in [5.74, 6) is -0.363. The van der Waals surface area contributed by atoms with Crippen LogP contribution in [0.25, 0.3) is 0 Å². The first kappa shape index (κ1) is 15.1. The van der Waals surface area contributed by atoms with Gasteiger partial charge < -0.3 is 9.84 Å². The van der Waals surface area contributed by atoms with Crippen LogP contribution in [0, 0.1) is 20.8 Å². The summed E-state index contributed by atoms with van der Waals surface area (Å²) in [6, 6.07) is 6.53. The third-order valence-electron chi connectivity index (χ3n) is 3.61. The monoisotopic (exact) mass is 288 g/mol. The zero-order valence-corrected chi connectivity index (χ0v) is 12.6. The molecule has 2 aromatic rings. The highest BCUT2D eigenvalue weighted by Crippen LogP contribution is 2.14. The van der Waals surface area contributed by atoms with Gasteiger partial charge in [0.25, 0.3) is 0 Å². The van der Waals surface area contributed by atoms with Crippen LogP contribution in [0.1, 0.15) is 33.7 Å². The Bertz CT molecular complexity index is 647. The van der Waals surface area contributed by atoms with E-state index in [2.05, 4.69) is 18.9 Å². The van der Waals surface area contributed by atoms with Crippen LogP contribution in [0.15, 0.2) is 24.3 Å². The van der Waals surface area contributed by atoms with E-state index in [9.17, 15) is 4.79 Å². The van der Waals surface area contributed by atoms with Gasteiger partial charge in [-0.2, -0.15) is 5.10 Å². The SMILES string of the molecule is Cc1nn(CCCOc2cccc(C(=O)O)c2)c(C)c1C. The molecule has 1 aromatic carbocycles. The molecular formula is C16H20N2O3. The van der Waals surface area contributed by atoms with E-state index in [1.807, 2.05) is 11.6 Å². The lowest BCUT2D eigenvalue weighted by Crippen LogP contribution is -2.07. The highest BCUT2D eigenvalue weighted by molar-refractivity contribution is 5.87. The van der Waals surface area contributed by atoms with Crippen LogP contribution >= 0.6 is 0 Å². The molecule has 0 unspecified atom stereocenters. The number of rotatable bonds is 6. The van der Waals surface area contributed by atoms with Crippen LogP contribution in [-0.4, -0.2) is 27.5 Å². The quantitative estimate of drug-likeness (QED) is 0.830. The smallest absolute Gasteiger partial charge is 0.335 e. The van der Waals surface area contributed by atoms with Crippen molar-refractivity contribution in [1.29, 1.82) is 0 Å². The van der Waals surface area contributed by atoms with Gasteiger partial charge in [0.15, 0.2) is 0 Å². The van der Waals surface area contributed by atoms with Crippen molar-refractivity contribution in [2.75, 3.05) is 6.61 Å². The van der Waals surface area contributed by atoms with Gasteiger partial charge in [-0.3, -0.25) is 4.68 Å². The number of carbonyl (C=O) groups is 1. The maximum atomic E-state index is 10.9. The summed E-state index contributed by atoms with van der Waals surface area (Å²) in [5.41, 5.74) is 3.70. The number of benzene rings is 1. The van der Waals surface area contributed by atoms with E-state index in [1.54, 1.807) is 18.2 Å². The Kier molecular flexibility index (Phi) is 4.62. The molecule has 5 heteroatoms. The van der Waals surface area contributed by atoms with Gasteiger partial charge >= 0.3 is 5.97 Å². The van der Waals surface area contributed by atoms with E-state index >= 15 is 0 Å². The van der Waals surface area contributed by atoms with Gasteiger partial charge in [0, 0.05) is 18.7 Å². The lowest BCUT2D eigenvalue weighted by atomic mass is 10.2. The number of aromatic carboxylic acids is 1. The predicted molar refractivity (Wildman–Crippen MR) is 80.0 cm³/mol. The summed E-state index contributed by atoms with van der Waals surface area (Å²) in [5, 5.41) is 13.4. The molecule has 21 heavy (non-hydrogen) atoms. The van der Waals surface area contributed by atoms with Crippen molar-refractivity contribution in [3.05, 3.63) is 46.8 Å². The first-order valence-electron chi connectivity index (χ1n) is 6.96. The molecule has 0 radical (unpaired) electrons. The minimum atomic E-state index is -0.946. The molecule has 0 saturated heterocycles. The van der Waals surface area contributed by atoms with Crippen molar-refractivity contribution in [3.63, 3.8) is 0 Å². The van der Waals surface area contributed by atoms with Crippen LogP contribution in [0.2, 0.25) is 0 Å². The standard InChI is InChI=1S/C16H20N2O3/c1-11-12(2)17-18(13(11)3)8-5-9-21-15-7-4-6-14(10-15)16(19)20/h4,6-7,10H,5,8-9H2,1-3H3,(H,19,20). The van der Waals surface area contributed by atoms with Gasteiger partial charge in [0.05, 0.1) is 17.9 Å². The van der Waals surface area contributed by atoms with Crippen molar-refractivity contribution >= 4 is 5.97 Å². The molecule has 0 saturated carbocycles. The Morgan fingerprint density at radius 3 is 2.71 bits per heavy atom. The summed E-state index contributed by atoms with van der Waals surface area (Å²) in [6.45, 7) is 7.46.